The molecule has 2 rings (SSSR count). The first kappa shape index (κ1) is 24.7. The number of methoxy groups -OCH3 is 1. The van der Waals surface area contributed by atoms with Gasteiger partial charge in [-0.05, 0) is 17.7 Å². The normalized spacial score (nSPS) is 11.6. The van der Waals surface area contributed by atoms with E-state index in [-0.39, 0.29) is 37.5 Å². The molecular weight excluding hydrogens is 503 g/mol. The van der Waals surface area contributed by atoms with E-state index in [1.165, 1.54) is 7.11 Å². The molecule has 0 saturated heterocycles. The van der Waals surface area contributed by atoms with Gasteiger partial charge in [-0.2, -0.15) is 0 Å². The maximum atomic E-state index is 12.3. The number of esters is 1. The first-order chi connectivity index (χ1) is 14.2. The number of carbonyl (C=O) groups is 2. The second-order valence-corrected chi connectivity index (χ2v) is 7.51. The second kappa shape index (κ2) is 11.1. The smallest absolute Gasteiger partial charge is 0.408 e. The Morgan fingerprint density at radius 3 is 2.00 bits per heavy atom. The summed E-state index contributed by atoms with van der Waals surface area (Å²) >= 11 is 29.7. The molecule has 2 aromatic rings. The molecule has 12 heteroatoms. The van der Waals surface area contributed by atoms with Crippen LogP contribution in [0, 0.1) is 0 Å². The number of alkyl carbamates (subject to hydrolysis) is 1. The van der Waals surface area contributed by atoms with Crippen molar-refractivity contribution in [2.75, 3.05) is 13.7 Å². The van der Waals surface area contributed by atoms with E-state index < -0.39 is 24.7 Å². The molecular formula is C18H14Cl5NO6. The quantitative estimate of drug-likeness (QED) is 0.228. The van der Waals surface area contributed by atoms with Crippen molar-refractivity contribution >= 4 is 70.1 Å². The van der Waals surface area contributed by atoms with Crippen LogP contribution in [-0.2, 0) is 16.1 Å². The standard InChI is InChI=1S/C18H14Cl5NO6/c1-28-9-4-2-8(3-5-9)7-29-18(27)24-10(6-25)17(26)30-16-14(22)12(20)11(19)13(21)15(16)23/h2-5,10,25H,6-7H2,1H3,(H,24,27)/t10-/m0/s1. The monoisotopic (exact) mass is 515 g/mol. The van der Waals surface area contributed by atoms with Crippen LogP contribution < -0.4 is 14.8 Å². The number of halogens is 5. The summed E-state index contributed by atoms with van der Waals surface area (Å²) in [5.41, 5.74) is 0.679. The van der Waals surface area contributed by atoms with Crippen molar-refractivity contribution in [2.24, 2.45) is 0 Å². The van der Waals surface area contributed by atoms with E-state index in [1.807, 2.05) is 0 Å². The molecule has 1 atom stereocenters. The van der Waals surface area contributed by atoms with Gasteiger partial charge in [-0.3, -0.25) is 0 Å². The first-order valence-electron chi connectivity index (χ1n) is 8.09. The van der Waals surface area contributed by atoms with Crippen LogP contribution in [-0.4, -0.2) is 36.9 Å². The van der Waals surface area contributed by atoms with Crippen molar-refractivity contribution in [3.63, 3.8) is 0 Å². The molecule has 30 heavy (non-hydrogen) atoms. The zero-order chi connectivity index (χ0) is 22.4. The van der Waals surface area contributed by atoms with E-state index in [9.17, 15) is 14.7 Å². The average Bonchev–Trinajstić information content (AvgIpc) is 2.76. The zero-order valence-corrected chi connectivity index (χ0v) is 19.0. The molecule has 0 aliphatic heterocycles. The Hall–Kier alpha value is -1.61. The molecule has 0 aliphatic rings. The molecule has 0 unspecified atom stereocenters. The van der Waals surface area contributed by atoms with Gasteiger partial charge in [0, 0.05) is 0 Å². The van der Waals surface area contributed by atoms with Gasteiger partial charge in [0.25, 0.3) is 0 Å². The molecule has 0 aromatic heterocycles. The number of benzene rings is 2. The van der Waals surface area contributed by atoms with Gasteiger partial charge in [0.2, 0.25) is 0 Å². The van der Waals surface area contributed by atoms with Crippen molar-refractivity contribution in [3.05, 3.63) is 54.9 Å². The van der Waals surface area contributed by atoms with Crippen molar-refractivity contribution in [1.29, 1.82) is 0 Å². The Morgan fingerprint density at radius 2 is 1.50 bits per heavy atom. The van der Waals surface area contributed by atoms with Gasteiger partial charge in [-0.25, -0.2) is 9.59 Å². The van der Waals surface area contributed by atoms with E-state index in [0.29, 0.717) is 11.3 Å². The fourth-order valence-electron chi connectivity index (χ4n) is 2.08. The van der Waals surface area contributed by atoms with Crippen LogP contribution >= 0.6 is 58.0 Å². The number of hydrogen-bond donors (Lipinski definition) is 2. The van der Waals surface area contributed by atoms with E-state index in [1.54, 1.807) is 24.3 Å². The minimum atomic E-state index is -1.48. The van der Waals surface area contributed by atoms with Crippen LogP contribution in [0.25, 0.3) is 0 Å². The molecule has 0 bridgehead atoms. The summed E-state index contributed by atoms with van der Waals surface area (Å²) in [5.74, 6) is -0.808. The Morgan fingerprint density at radius 1 is 0.967 bits per heavy atom. The predicted octanol–water partition coefficient (Wildman–Crippen LogP) is 5.15. The highest BCUT2D eigenvalue weighted by molar-refractivity contribution is 6.55. The maximum Gasteiger partial charge on any atom is 0.408 e. The van der Waals surface area contributed by atoms with Crippen LogP contribution in [0.3, 0.4) is 0 Å². The molecule has 7 nitrogen and oxygen atoms in total. The summed E-state index contributed by atoms with van der Waals surface area (Å²) in [6.07, 6.45) is -0.966. The summed E-state index contributed by atoms with van der Waals surface area (Å²) in [6, 6.07) is 5.30. The highest BCUT2D eigenvalue weighted by Gasteiger charge is 2.27. The van der Waals surface area contributed by atoms with Crippen molar-refractivity contribution < 1.29 is 28.9 Å². The highest BCUT2D eigenvalue weighted by atomic mass is 35.5. The lowest BCUT2D eigenvalue weighted by atomic mass is 10.2. The number of rotatable bonds is 7. The summed E-state index contributed by atoms with van der Waals surface area (Å²) in [5, 5.41) is 10.6. The van der Waals surface area contributed by atoms with Gasteiger partial charge in [0.15, 0.2) is 11.8 Å². The lowest BCUT2D eigenvalue weighted by molar-refractivity contribution is -0.137. The van der Waals surface area contributed by atoms with Crippen LogP contribution in [0.4, 0.5) is 4.79 Å². The molecule has 0 saturated carbocycles. The van der Waals surface area contributed by atoms with Crippen molar-refractivity contribution in [3.8, 4) is 11.5 Å². The Balaban J connectivity index is 2.02. The Kier molecular flexibility index (Phi) is 9.15. The van der Waals surface area contributed by atoms with E-state index in [0.717, 1.165) is 0 Å². The maximum absolute atomic E-state index is 12.3. The number of carbonyl (C=O) groups excluding carboxylic acids is 2. The van der Waals surface area contributed by atoms with Gasteiger partial charge in [0.05, 0.1) is 28.8 Å². The fourth-order valence-corrected chi connectivity index (χ4v) is 3.28. The third-order valence-corrected chi connectivity index (χ3v) is 5.90. The van der Waals surface area contributed by atoms with Gasteiger partial charge in [0.1, 0.15) is 22.4 Å². The molecule has 0 aliphatic carbocycles. The SMILES string of the molecule is COc1ccc(COC(=O)N[C@@H](CO)C(=O)Oc2c(Cl)c(Cl)c(Cl)c(Cl)c2Cl)cc1. The number of ether oxygens (including phenoxy) is 3. The number of amides is 1. The topological polar surface area (TPSA) is 94.1 Å². The average molecular weight is 518 g/mol. The largest absolute Gasteiger partial charge is 0.497 e. The van der Waals surface area contributed by atoms with Crippen molar-refractivity contribution in [1.82, 2.24) is 5.32 Å². The van der Waals surface area contributed by atoms with Gasteiger partial charge in [-0.15, -0.1) is 0 Å². The third kappa shape index (κ3) is 5.97. The van der Waals surface area contributed by atoms with Crippen molar-refractivity contribution in [2.45, 2.75) is 12.6 Å². The number of hydrogen-bond acceptors (Lipinski definition) is 6. The van der Waals surface area contributed by atoms with E-state index >= 15 is 0 Å². The number of aliphatic hydroxyl groups excluding tert-OH is 1. The van der Waals surface area contributed by atoms with Gasteiger partial charge < -0.3 is 24.6 Å². The van der Waals surface area contributed by atoms with Gasteiger partial charge >= 0.3 is 12.1 Å². The van der Waals surface area contributed by atoms with Crippen LogP contribution in [0.5, 0.6) is 11.5 Å². The van der Waals surface area contributed by atoms with Gasteiger partial charge in [-0.1, -0.05) is 70.1 Å². The molecule has 0 fully saturated rings. The molecule has 2 N–H and O–H groups in total. The predicted molar refractivity (Wildman–Crippen MR) is 114 cm³/mol. The fraction of sp³-hybridized carbons (Fsp3) is 0.222. The summed E-state index contributed by atoms with van der Waals surface area (Å²) in [6.45, 7) is -0.871. The number of aliphatic hydroxyl groups is 1. The summed E-state index contributed by atoms with van der Waals surface area (Å²) in [7, 11) is 1.53. The number of nitrogens with one attached hydrogen (secondary N) is 1. The first-order valence-corrected chi connectivity index (χ1v) is 9.98. The Bertz CT molecular complexity index is 909. The van der Waals surface area contributed by atoms with Crippen LogP contribution in [0.15, 0.2) is 24.3 Å². The summed E-state index contributed by atoms with van der Waals surface area (Å²) < 4.78 is 15.1. The summed E-state index contributed by atoms with van der Waals surface area (Å²) in [4.78, 5) is 24.3. The molecule has 0 spiro atoms. The highest BCUT2D eigenvalue weighted by Crippen LogP contribution is 2.48. The minimum absolute atomic E-state index is 0.0803. The zero-order valence-electron chi connectivity index (χ0n) is 15.2. The minimum Gasteiger partial charge on any atom is -0.497 e. The second-order valence-electron chi connectivity index (χ2n) is 5.62. The molecule has 1 amide bonds. The Labute approximate surface area is 196 Å². The molecule has 0 radical (unpaired) electrons. The molecule has 2 aromatic carbocycles. The third-order valence-electron chi connectivity index (χ3n) is 3.66. The molecule has 0 heterocycles. The lowest BCUT2D eigenvalue weighted by Crippen LogP contribution is -2.45. The molecule has 162 valence electrons. The van der Waals surface area contributed by atoms with Crippen LogP contribution in [0.2, 0.25) is 25.1 Å². The van der Waals surface area contributed by atoms with E-state index in [4.69, 9.17) is 72.2 Å². The lowest BCUT2D eigenvalue weighted by Gasteiger charge is -2.17. The van der Waals surface area contributed by atoms with Crippen LogP contribution in [0.1, 0.15) is 5.56 Å². The van der Waals surface area contributed by atoms with E-state index in [2.05, 4.69) is 5.32 Å².